The molecule has 0 spiro atoms. The summed E-state index contributed by atoms with van der Waals surface area (Å²) in [6.45, 7) is 2.60. The fourth-order valence-corrected chi connectivity index (χ4v) is 5.31. The molecule has 0 aliphatic carbocycles. The minimum absolute atomic E-state index is 0.00219. The van der Waals surface area contributed by atoms with Crippen molar-refractivity contribution in [3.8, 4) is 0 Å². The van der Waals surface area contributed by atoms with Crippen LogP contribution in [0.1, 0.15) is 38.2 Å². The molecule has 0 radical (unpaired) electrons. The highest BCUT2D eigenvalue weighted by Gasteiger charge is 2.43. The lowest BCUT2D eigenvalue weighted by Crippen LogP contribution is -2.61. The Morgan fingerprint density at radius 2 is 1.97 bits per heavy atom. The van der Waals surface area contributed by atoms with Gasteiger partial charge in [0.1, 0.15) is 18.2 Å². The van der Waals surface area contributed by atoms with Crippen molar-refractivity contribution in [3.05, 3.63) is 40.9 Å². The van der Waals surface area contributed by atoms with E-state index < -0.39 is 35.6 Å². The monoisotopic (exact) mass is 542 g/mol. The third-order valence-corrected chi connectivity index (χ3v) is 7.10. The first kappa shape index (κ1) is 26.9. The number of nitrogens with two attached hydrogens (primary N) is 1. The van der Waals surface area contributed by atoms with Crippen LogP contribution in [-0.4, -0.2) is 58.3 Å². The minimum Gasteiger partial charge on any atom is -0.381 e. The number of carbonyl (C=O) groups is 2. The van der Waals surface area contributed by atoms with Gasteiger partial charge in [-0.25, -0.2) is 9.97 Å². The Kier molecular flexibility index (Phi) is 7.77. The summed E-state index contributed by atoms with van der Waals surface area (Å²) in [4.78, 5) is 37.3. The van der Waals surface area contributed by atoms with Gasteiger partial charge in [-0.2, -0.15) is 17.6 Å². The van der Waals surface area contributed by atoms with E-state index in [-0.39, 0.29) is 47.0 Å². The van der Waals surface area contributed by atoms with E-state index in [0.29, 0.717) is 32.4 Å². The first-order chi connectivity index (χ1) is 17.5. The number of piperidine rings is 2. The van der Waals surface area contributed by atoms with Crippen LogP contribution >= 0.6 is 11.6 Å². The van der Waals surface area contributed by atoms with E-state index in [1.165, 1.54) is 6.07 Å². The lowest BCUT2D eigenvalue weighted by atomic mass is 9.84. The Morgan fingerprint density at radius 1 is 1.22 bits per heavy atom. The average molecular weight is 543 g/mol. The van der Waals surface area contributed by atoms with Gasteiger partial charge in [0, 0.05) is 42.7 Å². The van der Waals surface area contributed by atoms with Crippen LogP contribution in [0.5, 0.6) is 0 Å². The molecule has 4 rings (SSSR count). The van der Waals surface area contributed by atoms with Gasteiger partial charge in [-0.3, -0.25) is 9.59 Å². The van der Waals surface area contributed by atoms with E-state index in [9.17, 15) is 27.2 Å². The molecule has 13 heteroatoms. The predicted molar refractivity (Wildman–Crippen MR) is 131 cm³/mol. The van der Waals surface area contributed by atoms with Crippen LogP contribution in [0.25, 0.3) is 0 Å². The fraction of sp³-hybridized carbons (Fsp3) is 0.500. The molecule has 0 saturated carbocycles. The molecule has 200 valence electrons. The van der Waals surface area contributed by atoms with Crippen molar-refractivity contribution >= 4 is 40.6 Å². The normalized spacial score (nSPS) is 22.8. The van der Waals surface area contributed by atoms with Crippen molar-refractivity contribution in [3.63, 3.8) is 0 Å². The molecule has 2 aliphatic heterocycles. The molecule has 2 aromatic rings. The van der Waals surface area contributed by atoms with Crippen molar-refractivity contribution in [2.45, 2.75) is 50.9 Å². The van der Waals surface area contributed by atoms with Crippen molar-refractivity contribution in [2.75, 3.05) is 35.6 Å². The van der Waals surface area contributed by atoms with Crippen LogP contribution in [0.15, 0.2) is 24.5 Å². The third-order valence-electron chi connectivity index (χ3n) is 6.88. The first-order valence-electron chi connectivity index (χ1n) is 12.0. The predicted octanol–water partition coefficient (Wildman–Crippen LogP) is 4.15. The van der Waals surface area contributed by atoms with Crippen molar-refractivity contribution < 1.29 is 27.2 Å². The summed E-state index contributed by atoms with van der Waals surface area (Å²) < 4.78 is 54.4. The number of carbonyl (C=O) groups excluding carboxylic acids is 2. The second kappa shape index (κ2) is 10.7. The van der Waals surface area contributed by atoms with Crippen LogP contribution in [-0.2, 0) is 15.8 Å². The summed E-state index contributed by atoms with van der Waals surface area (Å²) in [5.41, 5.74) is 4.75. The Bertz CT molecular complexity index is 1180. The van der Waals surface area contributed by atoms with E-state index >= 15 is 0 Å². The molecular weight excluding hydrogens is 516 g/mol. The number of ketones is 1. The third kappa shape index (κ3) is 5.73. The number of anilines is 3. The average Bonchev–Trinajstić information content (AvgIpc) is 2.85. The number of alkyl halides is 3. The number of hydrogen-bond acceptors (Lipinski definition) is 7. The number of nitrogens with one attached hydrogen (secondary N) is 1. The number of aromatic nitrogens is 2. The molecule has 3 N–H and O–H groups in total. The number of rotatable bonds is 6. The number of benzene rings is 1. The number of halogens is 5. The van der Waals surface area contributed by atoms with Gasteiger partial charge in [-0.15, -0.1) is 0 Å². The van der Waals surface area contributed by atoms with Gasteiger partial charge in [0.05, 0.1) is 11.6 Å². The van der Waals surface area contributed by atoms with Crippen LogP contribution in [0.3, 0.4) is 0 Å². The van der Waals surface area contributed by atoms with Crippen molar-refractivity contribution in [1.82, 2.24) is 14.9 Å². The van der Waals surface area contributed by atoms with Crippen molar-refractivity contribution in [1.29, 1.82) is 0 Å². The lowest BCUT2D eigenvalue weighted by Gasteiger charge is -2.46. The molecule has 8 nitrogen and oxygen atoms in total. The van der Waals surface area contributed by atoms with E-state index in [4.69, 9.17) is 17.3 Å². The Labute approximate surface area is 216 Å². The maximum atomic E-state index is 14.7. The van der Waals surface area contributed by atoms with Gasteiger partial charge in [-0.05, 0) is 37.5 Å². The van der Waals surface area contributed by atoms with E-state index in [1.807, 2.05) is 0 Å². The number of Topliss-reactive ketones (excluding diaryl/α,β-unsaturated/α-hetero) is 1. The topological polar surface area (TPSA) is 104 Å². The molecule has 2 fully saturated rings. The van der Waals surface area contributed by atoms with Gasteiger partial charge < -0.3 is 20.9 Å². The second-order valence-electron chi connectivity index (χ2n) is 9.22. The SMILES string of the molecule is CCC(=O)[C@@H]1CCN(c2ncnc(N)c2F)C[C@H]1N1CCC[C@H](Nc2cc(Cl)cc(C(F)(F)F)c2)C1=O. The minimum atomic E-state index is -4.59. The Morgan fingerprint density at radius 3 is 2.68 bits per heavy atom. The van der Waals surface area contributed by atoms with E-state index in [1.54, 1.807) is 16.7 Å². The zero-order chi connectivity index (χ0) is 26.9. The van der Waals surface area contributed by atoms with Gasteiger partial charge >= 0.3 is 6.18 Å². The summed E-state index contributed by atoms with van der Waals surface area (Å²) in [6.07, 6.45) is -1.83. The highest BCUT2D eigenvalue weighted by atomic mass is 35.5. The van der Waals surface area contributed by atoms with Gasteiger partial charge in [0.15, 0.2) is 11.6 Å². The van der Waals surface area contributed by atoms with Crippen molar-refractivity contribution in [2.24, 2.45) is 5.92 Å². The molecule has 3 heterocycles. The zero-order valence-corrected chi connectivity index (χ0v) is 20.8. The highest BCUT2D eigenvalue weighted by molar-refractivity contribution is 6.31. The van der Waals surface area contributed by atoms with Gasteiger partial charge in [-0.1, -0.05) is 18.5 Å². The first-order valence-corrected chi connectivity index (χ1v) is 12.4. The van der Waals surface area contributed by atoms with Crippen LogP contribution in [0.4, 0.5) is 34.9 Å². The largest absolute Gasteiger partial charge is 0.416 e. The standard InChI is InChI=1S/C24H27ClF4N6O2/c1-2-19(36)16-5-7-34(22-20(26)21(30)31-12-32-22)11-18(16)35-6-3-4-17(23(35)37)33-15-9-13(24(27,28)29)8-14(25)10-15/h8-10,12,16-18,33H,2-7,11H2,1H3,(H2,30,31,32)/t16-,17+,18-/m1/s1. The molecule has 2 saturated heterocycles. The molecule has 1 aromatic heterocycles. The van der Waals surface area contributed by atoms with Crippen LogP contribution < -0.4 is 16.0 Å². The maximum Gasteiger partial charge on any atom is 0.416 e. The number of nitrogens with zero attached hydrogens (tertiary/aromatic N) is 4. The summed E-state index contributed by atoms with van der Waals surface area (Å²) in [7, 11) is 0. The molecule has 37 heavy (non-hydrogen) atoms. The van der Waals surface area contributed by atoms with E-state index in [0.717, 1.165) is 18.5 Å². The summed E-state index contributed by atoms with van der Waals surface area (Å²) >= 11 is 5.90. The second-order valence-corrected chi connectivity index (χ2v) is 9.66. The molecule has 3 atom stereocenters. The van der Waals surface area contributed by atoms with E-state index in [2.05, 4.69) is 15.3 Å². The highest BCUT2D eigenvalue weighted by Crippen LogP contribution is 2.35. The number of amides is 1. The van der Waals surface area contributed by atoms with Crippen LogP contribution in [0.2, 0.25) is 5.02 Å². The smallest absolute Gasteiger partial charge is 0.381 e. The fourth-order valence-electron chi connectivity index (χ4n) is 5.07. The Balaban J connectivity index is 1.59. The van der Waals surface area contributed by atoms with Crippen LogP contribution in [0, 0.1) is 11.7 Å². The summed E-state index contributed by atoms with van der Waals surface area (Å²) in [5, 5.41) is 2.79. The molecule has 1 aromatic carbocycles. The zero-order valence-electron chi connectivity index (χ0n) is 20.1. The lowest BCUT2D eigenvalue weighted by molar-refractivity contribution is -0.140. The Hall–Kier alpha value is -3.15. The summed E-state index contributed by atoms with van der Waals surface area (Å²) in [5.74, 6) is -1.89. The molecule has 2 aliphatic rings. The maximum absolute atomic E-state index is 14.7. The number of hydrogen-bond donors (Lipinski definition) is 2. The number of nitrogen functional groups attached to an aromatic ring is 1. The molecule has 0 unspecified atom stereocenters. The molecule has 0 bridgehead atoms. The van der Waals surface area contributed by atoms with Gasteiger partial charge in [0.2, 0.25) is 11.7 Å². The van der Waals surface area contributed by atoms with Gasteiger partial charge in [0.25, 0.3) is 0 Å². The molecular formula is C24H27ClF4N6O2. The quantitative estimate of drug-likeness (QED) is 0.528. The molecule has 1 amide bonds. The number of likely N-dealkylation sites (tertiary alicyclic amines) is 1. The summed E-state index contributed by atoms with van der Waals surface area (Å²) in [6, 6.07) is 1.67.